The molecule has 118 valence electrons. The van der Waals surface area contributed by atoms with Crippen molar-refractivity contribution in [2.24, 2.45) is 0 Å². The fourth-order valence-electron chi connectivity index (χ4n) is 1.61. The van der Waals surface area contributed by atoms with E-state index in [1.54, 1.807) is 6.07 Å². The molecule has 2 aromatic rings. The van der Waals surface area contributed by atoms with Gasteiger partial charge in [-0.05, 0) is 30.0 Å². The number of hydrogen-bond acceptors (Lipinski definition) is 7. The van der Waals surface area contributed by atoms with E-state index in [4.69, 9.17) is 10.5 Å². The Morgan fingerprint density at radius 1 is 1.27 bits per heavy atom. The number of nitrogens with two attached hydrogens (primary N) is 1. The normalized spacial score (nSPS) is 11.2. The van der Waals surface area contributed by atoms with E-state index in [-0.39, 0.29) is 16.7 Å². The van der Waals surface area contributed by atoms with E-state index in [1.165, 1.54) is 43.1 Å². The Kier molecular flexibility index (Phi) is 5.09. The van der Waals surface area contributed by atoms with Crippen LogP contribution in [0, 0.1) is 0 Å². The lowest BCUT2D eigenvalue weighted by atomic mass is 10.3. The standard InChI is InChI=1S/C13H16N4O3S2/c1-3-21-12-8-11(15-13(16-12)20-2)17-22(18,19)10-6-4-9(14)5-7-10/h4-8H,3,14H2,1-2H3,(H,15,16,17). The number of ether oxygens (including phenoxy) is 1. The molecule has 0 radical (unpaired) electrons. The van der Waals surface area contributed by atoms with E-state index >= 15 is 0 Å². The number of nitrogens with zero attached hydrogens (tertiary/aromatic N) is 2. The molecule has 0 aliphatic rings. The van der Waals surface area contributed by atoms with Gasteiger partial charge in [-0.15, -0.1) is 11.8 Å². The molecule has 9 heteroatoms. The van der Waals surface area contributed by atoms with Crippen LogP contribution in [0.4, 0.5) is 11.5 Å². The Hall–Kier alpha value is -2.00. The Morgan fingerprint density at radius 3 is 2.55 bits per heavy atom. The second kappa shape index (κ2) is 6.84. The molecule has 0 amide bonds. The number of nitrogen functional groups attached to an aromatic ring is 1. The smallest absolute Gasteiger partial charge is 0.319 e. The summed E-state index contributed by atoms with van der Waals surface area (Å²) in [6, 6.07) is 7.57. The predicted molar refractivity (Wildman–Crippen MR) is 86.6 cm³/mol. The predicted octanol–water partition coefficient (Wildman–Crippen LogP) is 1.98. The first-order valence-electron chi connectivity index (χ1n) is 6.39. The molecular weight excluding hydrogens is 324 g/mol. The van der Waals surface area contributed by atoms with Gasteiger partial charge in [-0.3, -0.25) is 4.72 Å². The average Bonchev–Trinajstić information content (AvgIpc) is 2.47. The summed E-state index contributed by atoms with van der Waals surface area (Å²) >= 11 is 1.46. The van der Waals surface area contributed by atoms with E-state index in [0.29, 0.717) is 10.7 Å². The molecule has 0 spiro atoms. The number of aromatic nitrogens is 2. The maximum atomic E-state index is 12.3. The van der Waals surface area contributed by atoms with Crippen LogP contribution in [0.15, 0.2) is 40.3 Å². The highest BCUT2D eigenvalue weighted by Crippen LogP contribution is 2.23. The minimum absolute atomic E-state index is 0.101. The van der Waals surface area contributed by atoms with E-state index in [9.17, 15) is 8.42 Å². The third kappa shape index (κ3) is 4.01. The van der Waals surface area contributed by atoms with Crippen molar-refractivity contribution in [2.75, 3.05) is 23.3 Å². The van der Waals surface area contributed by atoms with Crippen molar-refractivity contribution in [3.8, 4) is 6.01 Å². The third-order valence-electron chi connectivity index (χ3n) is 2.59. The fraction of sp³-hybridized carbons (Fsp3) is 0.231. The van der Waals surface area contributed by atoms with Crippen molar-refractivity contribution in [3.05, 3.63) is 30.3 Å². The fourth-order valence-corrected chi connectivity index (χ4v) is 3.24. The number of anilines is 2. The van der Waals surface area contributed by atoms with Crippen LogP contribution in [0.2, 0.25) is 0 Å². The van der Waals surface area contributed by atoms with Gasteiger partial charge in [0.2, 0.25) is 0 Å². The SMILES string of the molecule is CCSc1cc(NS(=O)(=O)c2ccc(N)cc2)nc(OC)n1. The minimum Gasteiger partial charge on any atom is -0.467 e. The van der Waals surface area contributed by atoms with Crippen LogP contribution in [0.1, 0.15) is 6.92 Å². The van der Waals surface area contributed by atoms with Crippen molar-refractivity contribution < 1.29 is 13.2 Å². The molecule has 0 bridgehead atoms. The number of thioether (sulfide) groups is 1. The highest BCUT2D eigenvalue weighted by atomic mass is 32.2. The number of benzene rings is 1. The maximum Gasteiger partial charge on any atom is 0.319 e. The molecule has 0 aliphatic carbocycles. The third-order valence-corrected chi connectivity index (χ3v) is 4.75. The number of nitrogens with one attached hydrogen (secondary N) is 1. The first kappa shape index (κ1) is 16.4. The summed E-state index contributed by atoms with van der Waals surface area (Å²) < 4.78 is 32.0. The lowest BCUT2D eigenvalue weighted by Crippen LogP contribution is -2.14. The molecule has 2 rings (SSSR count). The van der Waals surface area contributed by atoms with Gasteiger partial charge in [0.05, 0.1) is 12.0 Å². The number of sulfonamides is 1. The van der Waals surface area contributed by atoms with E-state index in [2.05, 4.69) is 14.7 Å². The quantitative estimate of drug-likeness (QED) is 0.470. The molecule has 0 saturated heterocycles. The lowest BCUT2D eigenvalue weighted by molar-refractivity contribution is 0.377. The van der Waals surface area contributed by atoms with Crippen LogP contribution < -0.4 is 15.2 Å². The van der Waals surface area contributed by atoms with Crippen molar-refractivity contribution in [3.63, 3.8) is 0 Å². The van der Waals surface area contributed by atoms with Gasteiger partial charge in [0.1, 0.15) is 10.8 Å². The maximum absolute atomic E-state index is 12.3. The number of rotatable bonds is 6. The van der Waals surface area contributed by atoms with Gasteiger partial charge in [-0.2, -0.15) is 9.97 Å². The van der Waals surface area contributed by atoms with Crippen molar-refractivity contribution in [1.82, 2.24) is 9.97 Å². The van der Waals surface area contributed by atoms with Crippen LogP contribution in [0.25, 0.3) is 0 Å². The summed E-state index contributed by atoms with van der Waals surface area (Å²) in [4.78, 5) is 8.24. The first-order valence-corrected chi connectivity index (χ1v) is 8.85. The zero-order chi connectivity index (χ0) is 16.2. The van der Waals surface area contributed by atoms with Crippen molar-refractivity contribution in [1.29, 1.82) is 0 Å². The summed E-state index contributed by atoms with van der Waals surface area (Å²) in [5, 5.41) is 0.629. The number of hydrogen-bond donors (Lipinski definition) is 2. The monoisotopic (exact) mass is 340 g/mol. The topological polar surface area (TPSA) is 107 Å². The van der Waals surface area contributed by atoms with Crippen molar-refractivity contribution in [2.45, 2.75) is 16.8 Å². The van der Waals surface area contributed by atoms with E-state index < -0.39 is 10.0 Å². The average molecular weight is 340 g/mol. The van der Waals surface area contributed by atoms with Crippen LogP contribution in [-0.2, 0) is 10.0 Å². The number of methoxy groups -OCH3 is 1. The van der Waals surface area contributed by atoms with E-state index in [1.807, 2.05) is 6.92 Å². The minimum atomic E-state index is -3.75. The van der Waals surface area contributed by atoms with Crippen LogP contribution >= 0.6 is 11.8 Å². The Morgan fingerprint density at radius 2 is 1.95 bits per heavy atom. The molecule has 1 aromatic carbocycles. The molecule has 0 aliphatic heterocycles. The van der Waals surface area contributed by atoms with Gasteiger partial charge < -0.3 is 10.5 Å². The highest BCUT2D eigenvalue weighted by Gasteiger charge is 2.16. The molecule has 7 nitrogen and oxygen atoms in total. The zero-order valence-electron chi connectivity index (χ0n) is 12.1. The second-order valence-electron chi connectivity index (χ2n) is 4.19. The molecule has 0 fully saturated rings. The first-order chi connectivity index (χ1) is 10.4. The molecule has 0 saturated carbocycles. The summed E-state index contributed by atoms with van der Waals surface area (Å²) in [6.07, 6.45) is 0. The Bertz CT molecular complexity index is 748. The molecule has 3 N–H and O–H groups in total. The van der Waals surface area contributed by atoms with E-state index in [0.717, 1.165) is 5.75 Å². The molecule has 1 aromatic heterocycles. The summed E-state index contributed by atoms with van der Waals surface area (Å²) in [5.74, 6) is 0.948. The Labute approximate surface area is 133 Å². The van der Waals surface area contributed by atoms with Gasteiger partial charge in [0.15, 0.2) is 0 Å². The zero-order valence-corrected chi connectivity index (χ0v) is 13.7. The molecule has 0 atom stereocenters. The van der Waals surface area contributed by atoms with Gasteiger partial charge in [0.25, 0.3) is 10.0 Å². The largest absolute Gasteiger partial charge is 0.467 e. The Balaban J connectivity index is 2.32. The summed E-state index contributed by atoms with van der Waals surface area (Å²) in [6.45, 7) is 1.97. The summed E-state index contributed by atoms with van der Waals surface area (Å²) in [7, 11) is -2.32. The van der Waals surface area contributed by atoms with Gasteiger partial charge >= 0.3 is 6.01 Å². The second-order valence-corrected chi connectivity index (χ2v) is 7.15. The highest BCUT2D eigenvalue weighted by molar-refractivity contribution is 7.99. The molecule has 22 heavy (non-hydrogen) atoms. The molecule has 0 unspecified atom stereocenters. The van der Waals surface area contributed by atoms with Gasteiger partial charge in [-0.1, -0.05) is 6.92 Å². The lowest BCUT2D eigenvalue weighted by Gasteiger charge is -2.09. The van der Waals surface area contributed by atoms with Crippen LogP contribution in [-0.4, -0.2) is 31.2 Å². The van der Waals surface area contributed by atoms with Crippen LogP contribution in [0.3, 0.4) is 0 Å². The van der Waals surface area contributed by atoms with Crippen LogP contribution in [0.5, 0.6) is 6.01 Å². The van der Waals surface area contributed by atoms with Gasteiger partial charge in [0, 0.05) is 11.8 Å². The summed E-state index contributed by atoms with van der Waals surface area (Å²) in [5.41, 5.74) is 6.05. The molecular formula is C13H16N4O3S2. The van der Waals surface area contributed by atoms with Gasteiger partial charge in [-0.25, -0.2) is 8.42 Å². The van der Waals surface area contributed by atoms with Crippen molar-refractivity contribution >= 4 is 33.3 Å². The molecule has 1 heterocycles.